The summed E-state index contributed by atoms with van der Waals surface area (Å²) in [6.45, 7) is 1.16. The molecule has 0 radical (unpaired) electrons. The quantitative estimate of drug-likeness (QED) is 0.494. The molecule has 1 amide bonds. The number of amides is 1. The van der Waals surface area contributed by atoms with Crippen LogP contribution < -0.4 is 15.4 Å². The molecule has 1 heterocycles. The first-order valence-corrected chi connectivity index (χ1v) is 10.3. The molecule has 1 saturated heterocycles. The van der Waals surface area contributed by atoms with Crippen molar-refractivity contribution in [3.05, 3.63) is 58.1 Å². The van der Waals surface area contributed by atoms with E-state index in [0.717, 1.165) is 38.7 Å². The Hall–Kier alpha value is -3.13. The molecule has 4 rings (SSSR count). The molecular weight excluding hydrogens is 386 g/mol. The third kappa shape index (κ3) is 5.07. The van der Waals surface area contributed by atoms with Crippen LogP contribution in [0.1, 0.15) is 42.5 Å². The van der Waals surface area contributed by atoms with E-state index in [9.17, 15) is 14.9 Å². The summed E-state index contributed by atoms with van der Waals surface area (Å²) in [7, 11) is 0. The van der Waals surface area contributed by atoms with Crippen LogP contribution in [0.15, 0.2) is 42.5 Å². The number of benzene rings is 2. The maximum Gasteiger partial charge on any atom is 0.293 e. The molecule has 1 saturated carbocycles. The van der Waals surface area contributed by atoms with Crippen molar-refractivity contribution in [2.75, 3.05) is 23.8 Å². The number of hydrogen-bond donors (Lipinski definition) is 2. The molecule has 2 N–H and O–H groups in total. The van der Waals surface area contributed by atoms with E-state index in [1.807, 2.05) is 6.07 Å². The molecule has 30 heavy (non-hydrogen) atoms. The predicted octanol–water partition coefficient (Wildman–Crippen LogP) is 4.37. The van der Waals surface area contributed by atoms with E-state index in [-0.39, 0.29) is 23.4 Å². The van der Waals surface area contributed by atoms with Gasteiger partial charge in [-0.2, -0.15) is 0 Å². The molecular formula is C22H25N3O5. The lowest BCUT2D eigenvalue weighted by Crippen LogP contribution is -2.26. The number of carbonyl (C=O) groups is 1. The largest absolute Gasteiger partial charge is 0.489 e. The van der Waals surface area contributed by atoms with Crippen molar-refractivity contribution in [3.63, 3.8) is 0 Å². The van der Waals surface area contributed by atoms with Crippen LogP contribution in [0.4, 0.5) is 17.1 Å². The van der Waals surface area contributed by atoms with Crippen LogP contribution in [-0.4, -0.2) is 36.2 Å². The Balaban J connectivity index is 1.45. The highest BCUT2D eigenvalue weighted by Gasteiger charge is 2.26. The molecule has 8 heteroatoms. The Bertz CT molecular complexity index is 923. The van der Waals surface area contributed by atoms with Crippen molar-refractivity contribution in [3.8, 4) is 5.75 Å². The van der Waals surface area contributed by atoms with Crippen molar-refractivity contribution in [1.82, 2.24) is 0 Å². The molecule has 0 aromatic heterocycles. The van der Waals surface area contributed by atoms with Gasteiger partial charge in [0.25, 0.3) is 11.6 Å². The molecule has 2 aliphatic rings. The van der Waals surface area contributed by atoms with Crippen LogP contribution in [0.5, 0.6) is 5.75 Å². The number of carbonyl (C=O) groups excluding carboxylic acids is 1. The minimum Gasteiger partial charge on any atom is -0.489 e. The minimum atomic E-state index is -0.470. The normalized spacial score (nSPS) is 18.5. The smallest absolute Gasteiger partial charge is 0.293 e. The van der Waals surface area contributed by atoms with Gasteiger partial charge in [0, 0.05) is 24.3 Å². The van der Waals surface area contributed by atoms with Gasteiger partial charge in [0.1, 0.15) is 18.0 Å². The fourth-order valence-corrected chi connectivity index (χ4v) is 3.41. The molecule has 8 nitrogen and oxygen atoms in total. The average Bonchev–Trinajstić information content (AvgIpc) is 3.58. The van der Waals surface area contributed by atoms with E-state index in [2.05, 4.69) is 10.6 Å². The first kappa shape index (κ1) is 20.2. The van der Waals surface area contributed by atoms with Crippen molar-refractivity contribution < 1.29 is 19.2 Å². The van der Waals surface area contributed by atoms with Crippen LogP contribution in [0.2, 0.25) is 0 Å². The van der Waals surface area contributed by atoms with Gasteiger partial charge in [-0.05, 0) is 56.4 Å². The number of hydrogen-bond acceptors (Lipinski definition) is 6. The van der Waals surface area contributed by atoms with E-state index in [0.29, 0.717) is 23.7 Å². The Kier molecular flexibility index (Phi) is 6.13. The summed E-state index contributed by atoms with van der Waals surface area (Å²) in [5.74, 6) is 0.114. The second-order valence-corrected chi connectivity index (χ2v) is 7.66. The van der Waals surface area contributed by atoms with Gasteiger partial charge in [0.2, 0.25) is 0 Å². The molecule has 1 unspecified atom stereocenters. The highest BCUT2D eigenvalue weighted by atomic mass is 16.6. The van der Waals surface area contributed by atoms with Gasteiger partial charge in [-0.25, -0.2) is 0 Å². The Morgan fingerprint density at radius 1 is 1.13 bits per heavy atom. The molecule has 2 fully saturated rings. The summed E-state index contributed by atoms with van der Waals surface area (Å²) in [6.07, 6.45) is 5.21. The lowest BCUT2D eigenvalue weighted by atomic mass is 10.1. The fourth-order valence-electron chi connectivity index (χ4n) is 3.41. The zero-order valence-electron chi connectivity index (χ0n) is 16.6. The second-order valence-electron chi connectivity index (χ2n) is 7.66. The maximum atomic E-state index is 12.8. The molecule has 158 valence electrons. The third-order valence-corrected chi connectivity index (χ3v) is 5.23. The molecule has 1 atom stereocenters. The zero-order chi connectivity index (χ0) is 20.9. The van der Waals surface area contributed by atoms with Gasteiger partial charge in [-0.15, -0.1) is 0 Å². The van der Waals surface area contributed by atoms with Crippen molar-refractivity contribution >= 4 is 23.0 Å². The Labute approximate surface area is 174 Å². The number of nitrogens with zero attached hydrogens (tertiary/aromatic N) is 1. The number of para-hydroxylation sites is 2. The number of ether oxygens (including phenoxy) is 2. The van der Waals surface area contributed by atoms with E-state index >= 15 is 0 Å². The fraction of sp³-hybridized carbons (Fsp3) is 0.409. The number of nitro groups is 1. The predicted molar refractivity (Wildman–Crippen MR) is 113 cm³/mol. The van der Waals surface area contributed by atoms with E-state index < -0.39 is 10.8 Å². The summed E-state index contributed by atoms with van der Waals surface area (Å²) in [5, 5.41) is 17.4. The third-order valence-electron chi connectivity index (χ3n) is 5.23. The van der Waals surface area contributed by atoms with Crippen LogP contribution in [0.25, 0.3) is 0 Å². The summed E-state index contributed by atoms with van der Waals surface area (Å²) in [4.78, 5) is 23.7. The zero-order valence-corrected chi connectivity index (χ0v) is 16.6. The SMILES string of the molecule is O=C(Nc1ccccc1OCC1CCCCO1)c1ccc(NC2CC2)c([N+](=O)[O-])c1. The highest BCUT2D eigenvalue weighted by Crippen LogP contribution is 2.32. The Morgan fingerprint density at radius 2 is 1.97 bits per heavy atom. The second kappa shape index (κ2) is 9.13. The molecule has 2 aromatic rings. The summed E-state index contributed by atoms with van der Waals surface area (Å²) >= 11 is 0. The highest BCUT2D eigenvalue weighted by molar-refractivity contribution is 6.05. The summed E-state index contributed by atoms with van der Waals surface area (Å²) in [6, 6.07) is 11.9. The number of nitrogens with one attached hydrogen (secondary N) is 2. The first-order chi connectivity index (χ1) is 14.6. The van der Waals surface area contributed by atoms with Gasteiger partial charge >= 0.3 is 0 Å². The van der Waals surface area contributed by atoms with E-state index in [4.69, 9.17) is 9.47 Å². The van der Waals surface area contributed by atoms with Crippen LogP contribution >= 0.6 is 0 Å². The van der Waals surface area contributed by atoms with Gasteiger partial charge < -0.3 is 20.1 Å². The Morgan fingerprint density at radius 3 is 2.70 bits per heavy atom. The van der Waals surface area contributed by atoms with E-state index in [1.165, 1.54) is 6.07 Å². The van der Waals surface area contributed by atoms with Crippen LogP contribution in [0.3, 0.4) is 0 Å². The lowest BCUT2D eigenvalue weighted by Gasteiger charge is -2.23. The minimum absolute atomic E-state index is 0.0525. The lowest BCUT2D eigenvalue weighted by molar-refractivity contribution is -0.384. The topological polar surface area (TPSA) is 103 Å². The van der Waals surface area contributed by atoms with Crippen molar-refractivity contribution in [2.24, 2.45) is 0 Å². The van der Waals surface area contributed by atoms with Gasteiger partial charge in [0.15, 0.2) is 0 Å². The van der Waals surface area contributed by atoms with Gasteiger partial charge in [-0.1, -0.05) is 12.1 Å². The number of anilines is 2. The molecule has 0 spiro atoms. The number of nitro benzene ring substituents is 1. The standard InChI is InChI=1S/C22H25N3O5/c26-22(15-8-11-18(23-16-9-10-16)20(13-15)25(27)28)24-19-6-1-2-7-21(19)30-14-17-5-3-4-12-29-17/h1-2,6-8,11,13,16-17,23H,3-5,9-10,12,14H2,(H,24,26). The maximum absolute atomic E-state index is 12.8. The van der Waals surface area contributed by atoms with E-state index in [1.54, 1.807) is 30.3 Å². The molecule has 1 aliphatic heterocycles. The first-order valence-electron chi connectivity index (χ1n) is 10.3. The van der Waals surface area contributed by atoms with Crippen molar-refractivity contribution in [1.29, 1.82) is 0 Å². The molecule has 1 aliphatic carbocycles. The molecule has 0 bridgehead atoms. The monoisotopic (exact) mass is 411 g/mol. The van der Waals surface area contributed by atoms with Crippen LogP contribution in [-0.2, 0) is 4.74 Å². The van der Waals surface area contributed by atoms with Gasteiger partial charge in [0.05, 0.1) is 16.7 Å². The average molecular weight is 411 g/mol. The summed E-state index contributed by atoms with van der Waals surface area (Å²) in [5.41, 5.74) is 1.07. The molecule has 2 aromatic carbocycles. The van der Waals surface area contributed by atoms with Gasteiger partial charge in [-0.3, -0.25) is 14.9 Å². The van der Waals surface area contributed by atoms with Crippen molar-refractivity contribution in [2.45, 2.75) is 44.2 Å². The van der Waals surface area contributed by atoms with Crippen LogP contribution in [0, 0.1) is 10.1 Å². The summed E-state index contributed by atoms with van der Waals surface area (Å²) < 4.78 is 11.6. The number of rotatable bonds is 8.